The number of amides is 2. The lowest BCUT2D eigenvalue weighted by Crippen LogP contribution is -2.46. The van der Waals surface area contributed by atoms with Crippen molar-refractivity contribution in [3.8, 4) is 11.5 Å². The van der Waals surface area contributed by atoms with Crippen molar-refractivity contribution in [2.45, 2.75) is 18.9 Å². The van der Waals surface area contributed by atoms with Crippen LogP contribution in [-0.2, 0) is 11.2 Å². The zero-order chi connectivity index (χ0) is 15.5. The van der Waals surface area contributed by atoms with E-state index in [1.165, 1.54) is 5.56 Å². The highest BCUT2D eigenvalue weighted by Crippen LogP contribution is 2.39. The van der Waals surface area contributed by atoms with Crippen LogP contribution < -0.4 is 14.8 Å². The first-order valence-corrected chi connectivity index (χ1v) is 7.61. The molecule has 1 unspecified atom stereocenters. The third-order valence-corrected chi connectivity index (χ3v) is 4.32. The minimum absolute atomic E-state index is 0.0177. The number of carbonyl (C=O) groups is 1. The first-order valence-electron chi connectivity index (χ1n) is 7.61. The molecule has 3 rings (SSSR count). The highest BCUT2D eigenvalue weighted by Gasteiger charge is 2.28. The average Bonchev–Trinajstić information content (AvgIpc) is 2.96. The standard InChI is InChI=1S/C16H22N2O4/c1-20-14-9-11-3-4-13(12(11)10-15(14)21-2)17-16(19)18-5-7-22-8-6-18/h9-10,13H,3-8H2,1-2H3,(H,17,19). The fourth-order valence-corrected chi connectivity index (χ4v) is 3.09. The Morgan fingerprint density at radius 1 is 1.23 bits per heavy atom. The SMILES string of the molecule is COc1cc2c(cc1OC)C(NC(=O)N1CCOCC1)CC2. The summed E-state index contributed by atoms with van der Waals surface area (Å²) in [6, 6.07) is 4.00. The van der Waals surface area contributed by atoms with Crippen LogP contribution in [0.3, 0.4) is 0 Å². The van der Waals surface area contributed by atoms with Crippen LogP contribution in [0, 0.1) is 0 Å². The van der Waals surface area contributed by atoms with Crippen LogP contribution in [0.5, 0.6) is 11.5 Å². The summed E-state index contributed by atoms with van der Waals surface area (Å²) in [4.78, 5) is 14.2. The van der Waals surface area contributed by atoms with E-state index < -0.39 is 0 Å². The summed E-state index contributed by atoms with van der Waals surface area (Å²) in [5.41, 5.74) is 2.34. The topological polar surface area (TPSA) is 60.0 Å². The van der Waals surface area contributed by atoms with Gasteiger partial charge in [0.05, 0.1) is 33.5 Å². The Bertz CT molecular complexity index is 555. The van der Waals surface area contributed by atoms with Crippen molar-refractivity contribution in [3.05, 3.63) is 23.3 Å². The van der Waals surface area contributed by atoms with E-state index >= 15 is 0 Å². The molecule has 6 nitrogen and oxygen atoms in total. The largest absolute Gasteiger partial charge is 0.493 e. The van der Waals surface area contributed by atoms with Crippen molar-refractivity contribution < 1.29 is 19.0 Å². The Balaban J connectivity index is 1.74. The fourth-order valence-electron chi connectivity index (χ4n) is 3.09. The van der Waals surface area contributed by atoms with Crippen LogP contribution in [0.1, 0.15) is 23.6 Å². The summed E-state index contributed by atoms with van der Waals surface area (Å²) in [7, 11) is 3.26. The Morgan fingerprint density at radius 3 is 2.59 bits per heavy atom. The third kappa shape index (κ3) is 2.83. The molecule has 2 amide bonds. The Morgan fingerprint density at radius 2 is 1.91 bits per heavy atom. The third-order valence-electron chi connectivity index (χ3n) is 4.32. The van der Waals surface area contributed by atoms with Gasteiger partial charge in [0.15, 0.2) is 11.5 Å². The lowest BCUT2D eigenvalue weighted by atomic mass is 10.1. The molecule has 0 bridgehead atoms. The first-order chi connectivity index (χ1) is 10.7. The molecule has 0 aromatic heterocycles. The highest BCUT2D eigenvalue weighted by atomic mass is 16.5. The van der Waals surface area contributed by atoms with Gasteiger partial charge in [-0.3, -0.25) is 0 Å². The molecule has 0 radical (unpaired) electrons. The van der Waals surface area contributed by atoms with E-state index in [2.05, 4.69) is 5.32 Å². The van der Waals surface area contributed by atoms with E-state index in [0.29, 0.717) is 32.1 Å². The molecular formula is C16H22N2O4. The molecule has 1 N–H and O–H groups in total. The molecule has 0 spiro atoms. The number of ether oxygens (including phenoxy) is 3. The molecule has 1 saturated heterocycles. The van der Waals surface area contributed by atoms with Crippen LogP contribution in [0.4, 0.5) is 4.79 Å². The average molecular weight is 306 g/mol. The van der Waals surface area contributed by atoms with E-state index in [1.54, 1.807) is 14.2 Å². The number of urea groups is 1. The maximum Gasteiger partial charge on any atom is 0.318 e. The number of nitrogens with zero attached hydrogens (tertiary/aromatic N) is 1. The highest BCUT2D eigenvalue weighted by molar-refractivity contribution is 5.75. The Hall–Kier alpha value is -1.95. The first kappa shape index (κ1) is 15.0. The Kier molecular flexibility index (Phi) is 4.38. The van der Waals surface area contributed by atoms with Crippen molar-refractivity contribution in [1.29, 1.82) is 0 Å². The fraction of sp³-hybridized carbons (Fsp3) is 0.562. The van der Waals surface area contributed by atoms with Gasteiger partial charge >= 0.3 is 6.03 Å². The molecular weight excluding hydrogens is 284 g/mol. The molecule has 2 aliphatic rings. The molecule has 120 valence electrons. The van der Waals surface area contributed by atoms with Crippen LogP contribution in [-0.4, -0.2) is 51.5 Å². The number of fused-ring (bicyclic) bond motifs is 1. The number of methoxy groups -OCH3 is 2. The zero-order valence-electron chi connectivity index (χ0n) is 13.1. The predicted molar refractivity (Wildman–Crippen MR) is 81.5 cm³/mol. The lowest BCUT2D eigenvalue weighted by Gasteiger charge is -2.28. The monoisotopic (exact) mass is 306 g/mol. The molecule has 1 aliphatic heterocycles. The number of hydrogen-bond acceptors (Lipinski definition) is 4. The molecule has 1 aromatic rings. The number of morpholine rings is 1. The maximum absolute atomic E-state index is 12.3. The summed E-state index contributed by atoms with van der Waals surface area (Å²) in [6.45, 7) is 2.52. The molecule has 1 heterocycles. The van der Waals surface area contributed by atoms with Crippen molar-refractivity contribution in [2.75, 3.05) is 40.5 Å². The van der Waals surface area contributed by atoms with Gasteiger partial charge in [0.25, 0.3) is 0 Å². The van der Waals surface area contributed by atoms with Crippen molar-refractivity contribution in [2.24, 2.45) is 0 Å². The van der Waals surface area contributed by atoms with Gasteiger partial charge < -0.3 is 24.4 Å². The Labute approximate surface area is 130 Å². The van der Waals surface area contributed by atoms with Crippen LogP contribution in [0.2, 0.25) is 0 Å². The summed E-state index contributed by atoms with van der Waals surface area (Å²) in [5, 5.41) is 3.13. The van der Waals surface area contributed by atoms with Crippen molar-refractivity contribution in [1.82, 2.24) is 10.2 Å². The van der Waals surface area contributed by atoms with Crippen LogP contribution in [0.15, 0.2) is 12.1 Å². The van der Waals surface area contributed by atoms with Gasteiger partial charge in [-0.15, -0.1) is 0 Å². The molecule has 22 heavy (non-hydrogen) atoms. The number of carbonyl (C=O) groups excluding carboxylic acids is 1. The summed E-state index contributed by atoms with van der Waals surface area (Å²) in [5.74, 6) is 1.44. The molecule has 6 heteroatoms. The molecule has 1 fully saturated rings. The van der Waals surface area contributed by atoms with Crippen molar-refractivity contribution in [3.63, 3.8) is 0 Å². The summed E-state index contributed by atoms with van der Waals surface area (Å²) in [6.07, 6.45) is 1.84. The van der Waals surface area contributed by atoms with Gasteiger partial charge in [-0.1, -0.05) is 0 Å². The van der Waals surface area contributed by atoms with Gasteiger partial charge in [-0.25, -0.2) is 4.79 Å². The lowest BCUT2D eigenvalue weighted by molar-refractivity contribution is 0.0525. The van der Waals surface area contributed by atoms with Gasteiger partial charge in [0.2, 0.25) is 0 Å². The number of nitrogens with one attached hydrogen (secondary N) is 1. The van der Waals surface area contributed by atoms with Crippen LogP contribution >= 0.6 is 0 Å². The number of hydrogen-bond donors (Lipinski definition) is 1. The second-order valence-corrected chi connectivity index (χ2v) is 5.55. The van der Waals surface area contributed by atoms with E-state index in [1.807, 2.05) is 17.0 Å². The quantitative estimate of drug-likeness (QED) is 0.924. The zero-order valence-corrected chi connectivity index (χ0v) is 13.1. The van der Waals surface area contributed by atoms with Gasteiger partial charge in [-0.2, -0.15) is 0 Å². The molecule has 0 saturated carbocycles. The normalized spacial score (nSPS) is 20.5. The van der Waals surface area contributed by atoms with Gasteiger partial charge in [0, 0.05) is 13.1 Å². The second-order valence-electron chi connectivity index (χ2n) is 5.55. The van der Waals surface area contributed by atoms with Gasteiger partial charge in [-0.05, 0) is 36.1 Å². The minimum Gasteiger partial charge on any atom is -0.493 e. The maximum atomic E-state index is 12.3. The van der Waals surface area contributed by atoms with E-state index in [-0.39, 0.29) is 12.1 Å². The second kappa shape index (κ2) is 6.44. The number of aryl methyl sites for hydroxylation is 1. The molecule has 1 aromatic carbocycles. The summed E-state index contributed by atoms with van der Waals surface area (Å²) >= 11 is 0. The number of benzene rings is 1. The van der Waals surface area contributed by atoms with E-state index in [0.717, 1.165) is 24.2 Å². The molecule has 1 atom stereocenters. The van der Waals surface area contributed by atoms with Crippen molar-refractivity contribution >= 4 is 6.03 Å². The number of rotatable bonds is 3. The summed E-state index contributed by atoms with van der Waals surface area (Å²) < 4.78 is 16.0. The van der Waals surface area contributed by atoms with Crippen LogP contribution in [0.25, 0.3) is 0 Å². The predicted octanol–water partition coefficient (Wildman–Crippen LogP) is 1.73. The minimum atomic E-state index is -0.0177. The molecule has 1 aliphatic carbocycles. The van der Waals surface area contributed by atoms with E-state index in [4.69, 9.17) is 14.2 Å². The smallest absolute Gasteiger partial charge is 0.318 e. The van der Waals surface area contributed by atoms with Gasteiger partial charge in [0.1, 0.15) is 0 Å². The van der Waals surface area contributed by atoms with E-state index in [9.17, 15) is 4.79 Å².